The number of hydrogen-bond acceptors (Lipinski definition) is 1. The molecule has 2 rings (SSSR count). The average Bonchev–Trinajstić information content (AvgIpc) is 2.41. The van der Waals surface area contributed by atoms with Crippen molar-refractivity contribution in [2.24, 2.45) is 0 Å². The van der Waals surface area contributed by atoms with Gasteiger partial charge in [-0.05, 0) is 18.4 Å². The molecule has 1 heteroatoms. The average molecular weight is 96.1 g/mol. The molecule has 38 valence electrons. The second-order valence-corrected chi connectivity index (χ2v) is 2.16. The maximum Gasteiger partial charge on any atom is 0.0997 e. The van der Waals surface area contributed by atoms with Gasteiger partial charge in [0.15, 0.2) is 0 Å². The molecule has 0 bridgehead atoms. The van der Waals surface area contributed by atoms with E-state index < -0.39 is 0 Å². The highest BCUT2D eigenvalue weighted by molar-refractivity contribution is 5.30. The highest BCUT2D eigenvalue weighted by Gasteiger charge is 2.25. The lowest BCUT2D eigenvalue weighted by Crippen LogP contribution is -1.90. The lowest BCUT2D eigenvalue weighted by molar-refractivity contribution is 0.216. The Labute approximate surface area is 43.0 Å². The fourth-order valence-electron chi connectivity index (χ4n) is 1.01. The minimum absolute atomic E-state index is 0.971. The predicted octanol–water partition coefficient (Wildman–Crippen LogP) is 1.45. The van der Waals surface area contributed by atoms with E-state index >= 15 is 0 Å². The van der Waals surface area contributed by atoms with E-state index in [1.165, 1.54) is 25.0 Å². The summed E-state index contributed by atoms with van der Waals surface area (Å²) in [7, 11) is 0. The van der Waals surface area contributed by atoms with Crippen molar-refractivity contribution in [3.63, 3.8) is 0 Å². The molecule has 7 heavy (non-hydrogen) atoms. The van der Waals surface area contributed by atoms with Crippen molar-refractivity contribution >= 4 is 0 Å². The number of hydrogen-bond donors (Lipinski definition) is 0. The first-order valence-corrected chi connectivity index (χ1v) is 2.80. The molecule has 1 aliphatic carbocycles. The van der Waals surface area contributed by atoms with Crippen molar-refractivity contribution in [2.75, 3.05) is 6.61 Å². The van der Waals surface area contributed by atoms with Gasteiger partial charge in [-0.2, -0.15) is 0 Å². The topological polar surface area (TPSA) is 9.23 Å². The van der Waals surface area contributed by atoms with Crippen LogP contribution in [0, 0.1) is 0 Å². The molecule has 1 nitrogen and oxygen atoms in total. The van der Waals surface area contributed by atoms with Gasteiger partial charge in [0.25, 0.3) is 0 Å². The molecule has 0 aromatic rings. The van der Waals surface area contributed by atoms with Gasteiger partial charge in [0.05, 0.1) is 12.4 Å². The van der Waals surface area contributed by atoms with Gasteiger partial charge in [-0.1, -0.05) is 0 Å². The zero-order valence-corrected chi connectivity index (χ0v) is 4.24. The zero-order valence-electron chi connectivity index (χ0n) is 4.24. The fourth-order valence-corrected chi connectivity index (χ4v) is 1.01. The van der Waals surface area contributed by atoms with Crippen molar-refractivity contribution in [3.8, 4) is 0 Å². The smallest absolute Gasteiger partial charge is 0.0997 e. The molecule has 0 fully saturated rings. The van der Waals surface area contributed by atoms with Crippen LogP contribution >= 0.6 is 0 Å². The summed E-state index contributed by atoms with van der Waals surface area (Å²) < 4.78 is 5.23. The van der Waals surface area contributed by atoms with Crippen LogP contribution in [0.4, 0.5) is 0 Å². The van der Waals surface area contributed by atoms with E-state index in [0.717, 1.165) is 6.61 Å². The molecular weight excluding hydrogens is 88.1 g/mol. The maximum atomic E-state index is 5.23. The van der Waals surface area contributed by atoms with Crippen LogP contribution in [-0.4, -0.2) is 6.61 Å². The largest absolute Gasteiger partial charge is 0.498 e. The van der Waals surface area contributed by atoms with E-state index in [1.54, 1.807) is 5.57 Å². The summed E-state index contributed by atoms with van der Waals surface area (Å²) in [4.78, 5) is 0. The van der Waals surface area contributed by atoms with Crippen LogP contribution < -0.4 is 0 Å². The lowest BCUT2D eigenvalue weighted by Gasteiger charge is -2.01. The van der Waals surface area contributed by atoms with Gasteiger partial charge in [0, 0.05) is 6.42 Å². The standard InChI is InChI=1S/C6H8O/c1-2-5-4-6(5)7-3-1/h1-4H2. The Hall–Kier alpha value is -0.460. The summed E-state index contributed by atoms with van der Waals surface area (Å²) in [5, 5.41) is 0. The summed E-state index contributed by atoms with van der Waals surface area (Å²) in [5.41, 5.74) is 1.58. The number of rotatable bonds is 0. The Kier molecular flexibility index (Phi) is 0.518. The Morgan fingerprint density at radius 2 is 2.43 bits per heavy atom. The molecule has 0 saturated heterocycles. The highest BCUT2D eigenvalue weighted by atomic mass is 16.5. The first kappa shape index (κ1) is 3.53. The summed E-state index contributed by atoms with van der Waals surface area (Å²) in [5.74, 6) is 1.30. The predicted molar refractivity (Wildman–Crippen MR) is 26.8 cm³/mol. The Balaban J connectivity index is 2.15. The third-order valence-corrected chi connectivity index (χ3v) is 1.54. The van der Waals surface area contributed by atoms with Gasteiger partial charge in [-0.3, -0.25) is 0 Å². The quantitative estimate of drug-likeness (QED) is 0.443. The summed E-state index contributed by atoms with van der Waals surface area (Å²) in [6.45, 7) is 0.971. The van der Waals surface area contributed by atoms with Crippen molar-refractivity contribution in [3.05, 3.63) is 11.3 Å². The molecule has 0 aromatic heterocycles. The first-order chi connectivity index (χ1) is 3.47. The second-order valence-electron chi connectivity index (χ2n) is 2.16. The zero-order chi connectivity index (χ0) is 4.69. The second kappa shape index (κ2) is 1.03. The van der Waals surface area contributed by atoms with E-state index in [9.17, 15) is 0 Å². The molecule has 0 saturated carbocycles. The molecule has 0 amide bonds. The van der Waals surface area contributed by atoms with Crippen LogP contribution in [0.1, 0.15) is 19.3 Å². The minimum Gasteiger partial charge on any atom is -0.498 e. The number of allylic oxidation sites excluding steroid dienone is 2. The molecule has 0 atom stereocenters. The van der Waals surface area contributed by atoms with E-state index in [4.69, 9.17) is 4.74 Å². The minimum atomic E-state index is 0.971. The van der Waals surface area contributed by atoms with Crippen LogP contribution in [0.2, 0.25) is 0 Å². The molecule has 0 radical (unpaired) electrons. The van der Waals surface area contributed by atoms with Crippen LogP contribution in [0.3, 0.4) is 0 Å². The maximum absolute atomic E-state index is 5.23. The molecular formula is C6H8O. The van der Waals surface area contributed by atoms with Crippen LogP contribution in [0.25, 0.3) is 0 Å². The van der Waals surface area contributed by atoms with Gasteiger partial charge in [-0.25, -0.2) is 0 Å². The van der Waals surface area contributed by atoms with E-state index in [1.807, 2.05) is 0 Å². The molecule has 1 heterocycles. The Bertz CT molecular complexity index is 110. The SMILES string of the molecule is C1COC2=C(C1)C2. The first-order valence-electron chi connectivity index (χ1n) is 2.80. The molecule has 0 N–H and O–H groups in total. The Morgan fingerprint density at radius 1 is 1.43 bits per heavy atom. The third-order valence-electron chi connectivity index (χ3n) is 1.54. The summed E-state index contributed by atoms with van der Waals surface area (Å²) in [6.07, 6.45) is 3.76. The van der Waals surface area contributed by atoms with Crippen LogP contribution in [-0.2, 0) is 4.74 Å². The van der Waals surface area contributed by atoms with Crippen molar-refractivity contribution in [1.82, 2.24) is 0 Å². The van der Waals surface area contributed by atoms with E-state index in [0.29, 0.717) is 0 Å². The Morgan fingerprint density at radius 3 is 3.00 bits per heavy atom. The van der Waals surface area contributed by atoms with Gasteiger partial charge in [0.1, 0.15) is 0 Å². The third kappa shape index (κ3) is 0.441. The van der Waals surface area contributed by atoms with Gasteiger partial charge >= 0.3 is 0 Å². The summed E-state index contributed by atoms with van der Waals surface area (Å²) in [6, 6.07) is 0. The fraction of sp³-hybridized carbons (Fsp3) is 0.667. The lowest BCUT2D eigenvalue weighted by atomic mass is 10.2. The van der Waals surface area contributed by atoms with Crippen molar-refractivity contribution < 1.29 is 4.74 Å². The van der Waals surface area contributed by atoms with Gasteiger partial charge < -0.3 is 4.74 Å². The number of ether oxygens (including phenoxy) is 1. The molecule has 0 unspecified atom stereocenters. The monoisotopic (exact) mass is 96.1 g/mol. The summed E-state index contributed by atoms with van der Waals surface area (Å²) >= 11 is 0. The van der Waals surface area contributed by atoms with Crippen molar-refractivity contribution in [2.45, 2.75) is 19.3 Å². The van der Waals surface area contributed by atoms with E-state index in [2.05, 4.69) is 0 Å². The normalized spacial score (nSPS) is 26.3. The van der Waals surface area contributed by atoms with Crippen LogP contribution in [0.5, 0.6) is 0 Å². The van der Waals surface area contributed by atoms with E-state index in [-0.39, 0.29) is 0 Å². The van der Waals surface area contributed by atoms with Gasteiger partial charge in [0.2, 0.25) is 0 Å². The molecule has 1 aliphatic heterocycles. The molecule has 0 spiro atoms. The molecule has 0 aromatic carbocycles. The highest BCUT2D eigenvalue weighted by Crippen LogP contribution is 2.38. The van der Waals surface area contributed by atoms with Crippen LogP contribution in [0.15, 0.2) is 11.3 Å². The van der Waals surface area contributed by atoms with Crippen molar-refractivity contribution in [1.29, 1.82) is 0 Å². The molecule has 2 aliphatic rings. The van der Waals surface area contributed by atoms with Gasteiger partial charge in [-0.15, -0.1) is 0 Å².